The van der Waals surface area contributed by atoms with Crippen molar-refractivity contribution >= 4 is 30.0 Å². The molecular weight excluding hydrogens is 377 g/mol. The Balaban J connectivity index is 2.27. The van der Waals surface area contributed by atoms with Crippen molar-refractivity contribution in [2.24, 2.45) is 10.4 Å². The molecule has 0 heterocycles. The third kappa shape index (κ3) is 5.19. The van der Waals surface area contributed by atoms with E-state index in [1.807, 2.05) is 87.5 Å². The van der Waals surface area contributed by atoms with Crippen LogP contribution >= 0.6 is 7.92 Å². The highest BCUT2D eigenvalue weighted by Gasteiger charge is 2.33. The van der Waals surface area contributed by atoms with Gasteiger partial charge < -0.3 is 5.11 Å². The molecule has 3 aromatic rings. The Labute approximate surface area is 173 Å². The van der Waals surface area contributed by atoms with E-state index in [0.717, 1.165) is 21.6 Å². The molecular formula is C25H26NO2P. The first-order valence-electron chi connectivity index (χ1n) is 9.64. The molecule has 0 aliphatic carbocycles. The topological polar surface area (TPSA) is 49.7 Å². The van der Waals surface area contributed by atoms with Crippen LogP contribution in [0.3, 0.4) is 0 Å². The summed E-state index contributed by atoms with van der Waals surface area (Å²) in [5.74, 6) is -0.901. The summed E-state index contributed by atoms with van der Waals surface area (Å²) < 4.78 is 0. The van der Waals surface area contributed by atoms with Crippen LogP contribution in [0.5, 0.6) is 0 Å². The zero-order valence-electron chi connectivity index (χ0n) is 17.0. The highest BCUT2D eigenvalue weighted by atomic mass is 31.1. The summed E-state index contributed by atoms with van der Waals surface area (Å²) in [6.07, 6.45) is 0. The predicted molar refractivity (Wildman–Crippen MR) is 123 cm³/mol. The summed E-state index contributed by atoms with van der Waals surface area (Å²) >= 11 is 0. The monoisotopic (exact) mass is 403 g/mol. The average molecular weight is 403 g/mol. The van der Waals surface area contributed by atoms with Crippen LogP contribution in [-0.2, 0) is 4.79 Å². The van der Waals surface area contributed by atoms with Crippen LogP contribution < -0.4 is 10.6 Å². The molecule has 0 bridgehead atoms. The van der Waals surface area contributed by atoms with Gasteiger partial charge in [0.25, 0.3) is 0 Å². The molecule has 0 saturated carbocycles. The molecule has 3 rings (SSSR count). The van der Waals surface area contributed by atoms with E-state index >= 15 is 0 Å². The van der Waals surface area contributed by atoms with Crippen LogP contribution in [0.4, 0.5) is 0 Å². The second-order valence-electron chi connectivity index (χ2n) is 7.93. The van der Waals surface area contributed by atoms with Crippen molar-refractivity contribution < 1.29 is 9.90 Å². The van der Waals surface area contributed by atoms with E-state index in [-0.39, 0.29) is 0 Å². The van der Waals surface area contributed by atoms with Crippen molar-refractivity contribution in [2.75, 3.05) is 0 Å². The molecule has 29 heavy (non-hydrogen) atoms. The SMILES string of the molecule is CC(C)(C)C(N=C(c1ccccc1)P(c1ccccc1)c1ccccc1)C(=O)O. The quantitative estimate of drug-likeness (QED) is 0.462. The standard InChI is InChI=1S/C25H26NO2P/c1-25(2,3)22(24(27)28)26-23(19-13-7-4-8-14-19)29(20-15-9-5-10-16-20)21-17-11-6-12-18-21/h4-18,22H,1-3H3,(H,27,28). The second kappa shape index (κ2) is 9.15. The van der Waals surface area contributed by atoms with Gasteiger partial charge in [0.2, 0.25) is 0 Å². The Morgan fingerprint density at radius 1 is 0.793 bits per heavy atom. The Morgan fingerprint density at radius 3 is 1.59 bits per heavy atom. The van der Waals surface area contributed by atoms with Crippen LogP contribution in [-0.4, -0.2) is 22.6 Å². The lowest BCUT2D eigenvalue weighted by Crippen LogP contribution is -2.34. The molecule has 0 amide bonds. The van der Waals surface area contributed by atoms with Gasteiger partial charge in [0.1, 0.15) is 0 Å². The number of nitrogens with zero attached hydrogens (tertiary/aromatic N) is 1. The van der Waals surface area contributed by atoms with Crippen molar-refractivity contribution in [3.8, 4) is 0 Å². The third-order valence-electron chi connectivity index (χ3n) is 4.58. The largest absolute Gasteiger partial charge is 0.480 e. The summed E-state index contributed by atoms with van der Waals surface area (Å²) in [4.78, 5) is 17.0. The molecule has 0 radical (unpaired) electrons. The van der Waals surface area contributed by atoms with Crippen LogP contribution in [0.2, 0.25) is 0 Å². The molecule has 1 atom stereocenters. The molecule has 1 unspecified atom stereocenters. The summed E-state index contributed by atoms with van der Waals surface area (Å²) in [6, 6.07) is 29.6. The molecule has 0 aliphatic rings. The molecule has 1 N–H and O–H groups in total. The van der Waals surface area contributed by atoms with E-state index in [4.69, 9.17) is 4.99 Å². The Kier molecular flexibility index (Phi) is 6.61. The molecule has 0 spiro atoms. The maximum atomic E-state index is 12.1. The average Bonchev–Trinajstić information content (AvgIpc) is 2.72. The zero-order valence-corrected chi connectivity index (χ0v) is 17.9. The number of rotatable bonds is 6. The fraction of sp³-hybridized carbons (Fsp3) is 0.200. The van der Waals surface area contributed by atoms with Gasteiger partial charge in [-0.2, -0.15) is 0 Å². The lowest BCUT2D eigenvalue weighted by Gasteiger charge is -2.28. The van der Waals surface area contributed by atoms with Gasteiger partial charge >= 0.3 is 5.97 Å². The maximum Gasteiger partial charge on any atom is 0.328 e. The van der Waals surface area contributed by atoms with Gasteiger partial charge in [-0.1, -0.05) is 112 Å². The molecule has 0 aliphatic heterocycles. The molecule has 148 valence electrons. The van der Waals surface area contributed by atoms with Crippen molar-refractivity contribution in [1.82, 2.24) is 0 Å². The summed E-state index contributed by atoms with van der Waals surface area (Å²) in [5.41, 5.74) is 1.29. The van der Waals surface area contributed by atoms with E-state index in [1.54, 1.807) is 0 Å². The molecule has 4 heteroatoms. The van der Waals surface area contributed by atoms with Gasteiger partial charge in [-0.3, -0.25) is 4.99 Å². The van der Waals surface area contributed by atoms with E-state index in [2.05, 4.69) is 24.3 Å². The minimum Gasteiger partial charge on any atom is -0.480 e. The maximum absolute atomic E-state index is 12.1. The minimum absolute atomic E-state index is 0.500. The molecule has 0 saturated heterocycles. The first-order valence-corrected chi connectivity index (χ1v) is 11.0. The molecule has 3 aromatic carbocycles. The third-order valence-corrected chi connectivity index (χ3v) is 7.00. The number of aliphatic imine (C=N–C) groups is 1. The molecule has 0 fully saturated rings. The number of aliphatic carboxylic acids is 1. The highest BCUT2D eigenvalue weighted by Crippen LogP contribution is 2.40. The zero-order chi connectivity index (χ0) is 20.9. The van der Waals surface area contributed by atoms with Crippen molar-refractivity contribution in [3.63, 3.8) is 0 Å². The number of carboxylic acids is 1. The van der Waals surface area contributed by atoms with Gasteiger partial charge in [-0.25, -0.2) is 4.79 Å². The fourth-order valence-corrected chi connectivity index (χ4v) is 5.50. The first kappa shape index (κ1) is 21.0. The Hall–Kier alpha value is -2.77. The molecule has 0 aromatic heterocycles. The summed E-state index contributed by atoms with van der Waals surface area (Å²) in [7, 11) is -1.01. The number of hydrogen-bond donors (Lipinski definition) is 1. The number of hydrogen-bond acceptors (Lipinski definition) is 2. The summed E-state index contributed by atoms with van der Waals surface area (Å²) in [5, 5.41) is 12.2. The lowest BCUT2D eigenvalue weighted by molar-refractivity contribution is -0.140. The van der Waals surface area contributed by atoms with Gasteiger partial charge in [0.05, 0.1) is 5.45 Å². The first-order chi connectivity index (χ1) is 13.9. The second-order valence-corrected chi connectivity index (χ2v) is 10.1. The minimum atomic E-state index is -1.01. The number of carbonyl (C=O) groups is 1. The molecule has 3 nitrogen and oxygen atoms in total. The summed E-state index contributed by atoms with van der Waals surface area (Å²) in [6.45, 7) is 5.77. The fourth-order valence-electron chi connectivity index (χ4n) is 3.14. The van der Waals surface area contributed by atoms with E-state index in [9.17, 15) is 9.90 Å². The van der Waals surface area contributed by atoms with Crippen molar-refractivity contribution in [1.29, 1.82) is 0 Å². The van der Waals surface area contributed by atoms with Crippen molar-refractivity contribution in [3.05, 3.63) is 96.6 Å². The Morgan fingerprint density at radius 2 is 1.21 bits per heavy atom. The van der Waals surface area contributed by atoms with Gasteiger partial charge in [-0.05, 0) is 16.0 Å². The Bertz CT molecular complexity index is 924. The van der Waals surface area contributed by atoms with Crippen LogP contribution in [0.15, 0.2) is 96.0 Å². The van der Waals surface area contributed by atoms with Crippen LogP contribution in [0, 0.1) is 5.41 Å². The highest BCUT2D eigenvalue weighted by molar-refractivity contribution is 7.88. The van der Waals surface area contributed by atoms with Gasteiger partial charge in [0, 0.05) is 13.5 Å². The van der Waals surface area contributed by atoms with Gasteiger partial charge in [0.15, 0.2) is 6.04 Å². The van der Waals surface area contributed by atoms with E-state index in [1.165, 1.54) is 0 Å². The van der Waals surface area contributed by atoms with E-state index < -0.39 is 25.3 Å². The lowest BCUT2D eigenvalue weighted by atomic mass is 9.87. The van der Waals surface area contributed by atoms with Crippen LogP contribution in [0.1, 0.15) is 26.3 Å². The number of benzene rings is 3. The predicted octanol–water partition coefficient (Wildman–Crippen LogP) is 5.07. The van der Waals surface area contributed by atoms with E-state index in [0.29, 0.717) is 0 Å². The van der Waals surface area contributed by atoms with Gasteiger partial charge in [-0.15, -0.1) is 0 Å². The van der Waals surface area contributed by atoms with Crippen LogP contribution in [0.25, 0.3) is 0 Å². The number of carboxylic acid groups (broad SMARTS) is 1. The smallest absolute Gasteiger partial charge is 0.328 e. The normalized spacial score (nSPS) is 13.3. The van der Waals surface area contributed by atoms with Crippen molar-refractivity contribution in [2.45, 2.75) is 26.8 Å².